The molecule has 0 aliphatic carbocycles. The molecule has 0 spiro atoms. The summed E-state index contributed by atoms with van der Waals surface area (Å²) < 4.78 is 4.52. The summed E-state index contributed by atoms with van der Waals surface area (Å²) in [6, 6.07) is 3.67. The maximum atomic E-state index is 12.3. The molecular formula is C13H17BrN4O. The summed E-state index contributed by atoms with van der Waals surface area (Å²) in [6.45, 7) is 4.80. The van der Waals surface area contributed by atoms with E-state index in [9.17, 15) is 4.79 Å². The van der Waals surface area contributed by atoms with E-state index in [0.29, 0.717) is 11.5 Å². The van der Waals surface area contributed by atoms with Crippen molar-refractivity contribution in [2.24, 2.45) is 7.05 Å². The predicted molar refractivity (Wildman–Crippen MR) is 78.3 cm³/mol. The van der Waals surface area contributed by atoms with Crippen molar-refractivity contribution in [3.8, 4) is 0 Å². The van der Waals surface area contributed by atoms with Gasteiger partial charge in [-0.15, -0.1) is 0 Å². The van der Waals surface area contributed by atoms with Gasteiger partial charge in [-0.25, -0.2) is 0 Å². The fourth-order valence-electron chi connectivity index (χ4n) is 2.00. The molecule has 0 saturated heterocycles. The minimum Gasteiger partial charge on any atom is -0.342 e. The van der Waals surface area contributed by atoms with E-state index in [2.05, 4.69) is 33.3 Å². The van der Waals surface area contributed by atoms with Crippen LogP contribution in [-0.4, -0.2) is 20.3 Å². The SMILES string of the molecule is CCCn1cc(Br)cc1C(=O)Nc1cc(C)nn1C. The van der Waals surface area contributed by atoms with E-state index < -0.39 is 0 Å². The maximum Gasteiger partial charge on any atom is 0.273 e. The summed E-state index contributed by atoms with van der Waals surface area (Å²) in [6.07, 6.45) is 2.90. The van der Waals surface area contributed by atoms with Crippen LogP contribution in [0.2, 0.25) is 0 Å². The van der Waals surface area contributed by atoms with E-state index in [1.54, 1.807) is 4.68 Å². The third-order valence-electron chi connectivity index (χ3n) is 2.80. The van der Waals surface area contributed by atoms with Gasteiger partial charge in [0, 0.05) is 30.3 Å². The molecule has 102 valence electrons. The summed E-state index contributed by atoms with van der Waals surface area (Å²) in [5.74, 6) is 0.574. The number of hydrogen-bond donors (Lipinski definition) is 1. The molecule has 5 nitrogen and oxygen atoms in total. The predicted octanol–water partition coefficient (Wildman–Crippen LogP) is 2.95. The number of carbonyl (C=O) groups is 1. The molecule has 2 rings (SSSR count). The average molecular weight is 325 g/mol. The monoisotopic (exact) mass is 324 g/mol. The molecule has 0 aromatic carbocycles. The van der Waals surface area contributed by atoms with Gasteiger partial charge in [0.1, 0.15) is 11.5 Å². The number of nitrogens with zero attached hydrogens (tertiary/aromatic N) is 3. The van der Waals surface area contributed by atoms with Crippen molar-refractivity contribution in [2.45, 2.75) is 26.8 Å². The Morgan fingerprint density at radius 1 is 1.47 bits per heavy atom. The van der Waals surface area contributed by atoms with Gasteiger partial charge in [-0.05, 0) is 35.3 Å². The standard InChI is InChI=1S/C13H17BrN4O/c1-4-5-18-8-10(14)7-11(18)13(19)15-12-6-9(2)16-17(12)3/h6-8H,4-5H2,1-3H3,(H,15,19). The minimum absolute atomic E-state index is 0.123. The molecule has 1 amide bonds. The maximum absolute atomic E-state index is 12.3. The Balaban J connectivity index is 2.22. The molecule has 19 heavy (non-hydrogen) atoms. The van der Waals surface area contributed by atoms with Crippen LogP contribution in [0.1, 0.15) is 29.5 Å². The van der Waals surface area contributed by atoms with Crippen LogP contribution in [0, 0.1) is 6.92 Å². The number of aromatic nitrogens is 3. The third-order valence-corrected chi connectivity index (χ3v) is 3.24. The van der Waals surface area contributed by atoms with Gasteiger partial charge in [-0.1, -0.05) is 6.92 Å². The molecule has 0 atom stereocenters. The lowest BCUT2D eigenvalue weighted by atomic mass is 10.3. The molecule has 0 unspecified atom stereocenters. The van der Waals surface area contributed by atoms with Crippen LogP contribution >= 0.6 is 15.9 Å². The van der Waals surface area contributed by atoms with Crippen LogP contribution in [0.5, 0.6) is 0 Å². The van der Waals surface area contributed by atoms with Crippen molar-refractivity contribution in [1.82, 2.24) is 14.3 Å². The Morgan fingerprint density at radius 2 is 2.21 bits per heavy atom. The van der Waals surface area contributed by atoms with Crippen LogP contribution in [0.4, 0.5) is 5.82 Å². The molecule has 1 N–H and O–H groups in total. The largest absolute Gasteiger partial charge is 0.342 e. The Bertz CT molecular complexity index is 600. The van der Waals surface area contributed by atoms with Crippen molar-refractivity contribution >= 4 is 27.7 Å². The van der Waals surface area contributed by atoms with E-state index in [0.717, 1.165) is 23.1 Å². The second-order valence-corrected chi connectivity index (χ2v) is 5.40. The number of halogens is 1. The van der Waals surface area contributed by atoms with E-state index in [-0.39, 0.29) is 5.91 Å². The second-order valence-electron chi connectivity index (χ2n) is 4.49. The van der Waals surface area contributed by atoms with Gasteiger partial charge in [-0.2, -0.15) is 5.10 Å². The molecule has 0 saturated carbocycles. The first-order valence-electron chi connectivity index (χ1n) is 6.19. The van der Waals surface area contributed by atoms with Gasteiger partial charge in [-0.3, -0.25) is 9.48 Å². The van der Waals surface area contributed by atoms with Crippen molar-refractivity contribution in [2.75, 3.05) is 5.32 Å². The molecule has 0 fully saturated rings. The van der Waals surface area contributed by atoms with Crippen molar-refractivity contribution in [1.29, 1.82) is 0 Å². The number of nitrogens with one attached hydrogen (secondary N) is 1. The van der Waals surface area contributed by atoms with Gasteiger partial charge in [0.2, 0.25) is 0 Å². The molecule has 0 aliphatic rings. The number of hydrogen-bond acceptors (Lipinski definition) is 2. The summed E-state index contributed by atoms with van der Waals surface area (Å²) in [7, 11) is 1.81. The van der Waals surface area contributed by atoms with Crippen molar-refractivity contribution < 1.29 is 4.79 Å². The van der Waals surface area contributed by atoms with Crippen molar-refractivity contribution in [3.63, 3.8) is 0 Å². The lowest BCUT2D eigenvalue weighted by molar-refractivity contribution is 0.101. The summed E-state index contributed by atoms with van der Waals surface area (Å²) in [5, 5.41) is 7.09. The van der Waals surface area contributed by atoms with E-state index >= 15 is 0 Å². The summed E-state index contributed by atoms with van der Waals surface area (Å²) in [5.41, 5.74) is 1.52. The zero-order valence-corrected chi connectivity index (χ0v) is 12.9. The van der Waals surface area contributed by atoms with E-state index in [4.69, 9.17) is 0 Å². The van der Waals surface area contributed by atoms with Gasteiger partial charge >= 0.3 is 0 Å². The van der Waals surface area contributed by atoms with Gasteiger partial charge < -0.3 is 9.88 Å². The molecule has 2 aromatic rings. The van der Waals surface area contributed by atoms with E-state index in [1.165, 1.54) is 0 Å². The fourth-order valence-corrected chi connectivity index (χ4v) is 2.46. The van der Waals surface area contributed by atoms with Crippen LogP contribution < -0.4 is 5.32 Å². The van der Waals surface area contributed by atoms with Gasteiger partial charge in [0.05, 0.1) is 5.69 Å². The topological polar surface area (TPSA) is 51.9 Å². The van der Waals surface area contributed by atoms with Gasteiger partial charge in [0.15, 0.2) is 0 Å². The average Bonchev–Trinajstić information content (AvgIpc) is 2.83. The molecule has 6 heteroatoms. The summed E-state index contributed by atoms with van der Waals surface area (Å²) >= 11 is 3.41. The highest BCUT2D eigenvalue weighted by Gasteiger charge is 2.14. The quantitative estimate of drug-likeness (QED) is 0.940. The van der Waals surface area contributed by atoms with Crippen molar-refractivity contribution in [3.05, 3.63) is 34.2 Å². The second kappa shape index (κ2) is 5.61. The Kier molecular flexibility index (Phi) is 4.09. The van der Waals surface area contributed by atoms with E-state index in [1.807, 2.05) is 36.9 Å². The lowest BCUT2D eigenvalue weighted by Crippen LogP contribution is -2.18. The minimum atomic E-state index is -0.123. The zero-order valence-electron chi connectivity index (χ0n) is 11.3. The molecule has 0 bridgehead atoms. The Labute approximate surface area is 120 Å². The van der Waals surface area contributed by atoms with Crippen LogP contribution in [0.25, 0.3) is 0 Å². The molecule has 2 heterocycles. The normalized spacial score (nSPS) is 10.7. The number of anilines is 1. The highest BCUT2D eigenvalue weighted by atomic mass is 79.9. The van der Waals surface area contributed by atoms with Gasteiger partial charge in [0.25, 0.3) is 5.91 Å². The first kappa shape index (κ1) is 13.9. The molecule has 2 aromatic heterocycles. The Morgan fingerprint density at radius 3 is 2.79 bits per heavy atom. The number of carbonyl (C=O) groups excluding carboxylic acids is 1. The first-order chi connectivity index (χ1) is 9.01. The zero-order chi connectivity index (χ0) is 14.0. The Hall–Kier alpha value is -1.56. The fraction of sp³-hybridized carbons (Fsp3) is 0.385. The molecule has 0 aliphatic heterocycles. The molecule has 0 radical (unpaired) electrons. The smallest absolute Gasteiger partial charge is 0.273 e. The third kappa shape index (κ3) is 3.07. The summed E-state index contributed by atoms with van der Waals surface area (Å²) in [4.78, 5) is 12.3. The molecular weight excluding hydrogens is 308 g/mol. The number of aryl methyl sites for hydroxylation is 3. The van der Waals surface area contributed by atoms with Crippen LogP contribution in [-0.2, 0) is 13.6 Å². The van der Waals surface area contributed by atoms with Crippen LogP contribution in [0.3, 0.4) is 0 Å². The number of rotatable bonds is 4. The number of amides is 1. The lowest BCUT2D eigenvalue weighted by Gasteiger charge is -2.08. The highest BCUT2D eigenvalue weighted by Crippen LogP contribution is 2.17. The first-order valence-corrected chi connectivity index (χ1v) is 6.98. The highest BCUT2D eigenvalue weighted by molar-refractivity contribution is 9.10. The van der Waals surface area contributed by atoms with Crippen LogP contribution in [0.15, 0.2) is 22.8 Å².